The zero-order chi connectivity index (χ0) is 21.5. The molecule has 0 bridgehead atoms. The molecule has 0 aliphatic heterocycles. The topological polar surface area (TPSA) is 65.6 Å². The van der Waals surface area contributed by atoms with Gasteiger partial charge in [-0.2, -0.15) is 5.10 Å². The van der Waals surface area contributed by atoms with E-state index in [1.54, 1.807) is 10.9 Å². The van der Waals surface area contributed by atoms with Gasteiger partial charge in [0.15, 0.2) is 0 Å². The SMILES string of the molecule is Cc1cn(-c2ccc(Cc3cc(C4CC4)nn([C@@H](C)c4ccns4)c3=O)cc2C)cn1. The number of rotatable bonds is 6. The molecule has 0 spiro atoms. The molecule has 1 saturated carbocycles. The van der Waals surface area contributed by atoms with Crippen LogP contribution in [-0.2, 0) is 6.42 Å². The molecule has 0 unspecified atom stereocenters. The van der Waals surface area contributed by atoms with E-state index in [1.807, 2.05) is 43.1 Å². The zero-order valence-electron chi connectivity index (χ0n) is 17.9. The smallest absolute Gasteiger partial charge is 0.270 e. The monoisotopic (exact) mass is 431 g/mol. The van der Waals surface area contributed by atoms with E-state index in [2.05, 4.69) is 34.5 Å². The highest BCUT2D eigenvalue weighted by molar-refractivity contribution is 7.05. The summed E-state index contributed by atoms with van der Waals surface area (Å²) in [6, 6.07) is 10.2. The Balaban J connectivity index is 1.50. The largest absolute Gasteiger partial charge is 0.306 e. The van der Waals surface area contributed by atoms with Crippen molar-refractivity contribution in [3.05, 3.63) is 92.4 Å². The number of hydrogen-bond donors (Lipinski definition) is 0. The molecule has 3 heterocycles. The van der Waals surface area contributed by atoms with E-state index in [4.69, 9.17) is 5.10 Å². The van der Waals surface area contributed by atoms with Crippen molar-refractivity contribution >= 4 is 11.5 Å². The maximum absolute atomic E-state index is 13.4. The molecule has 1 aliphatic carbocycles. The molecule has 3 aromatic heterocycles. The maximum Gasteiger partial charge on any atom is 0.270 e. The highest BCUT2D eigenvalue weighted by Gasteiger charge is 2.28. The Labute approximate surface area is 185 Å². The van der Waals surface area contributed by atoms with Crippen LogP contribution in [0.4, 0.5) is 0 Å². The maximum atomic E-state index is 13.4. The molecule has 4 aromatic rings. The minimum Gasteiger partial charge on any atom is -0.306 e. The second kappa shape index (κ2) is 7.89. The van der Waals surface area contributed by atoms with Gasteiger partial charge in [-0.1, -0.05) is 12.1 Å². The van der Waals surface area contributed by atoms with Crippen LogP contribution in [0.5, 0.6) is 0 Å². The lowest BCUT2D eigenvalue weighted by atomic mass is 10.0. The van der Waals surface area contributed by atoms with Crippen molar-refractivity contribution in [1.82, 2.24) is 23.7 Å². The first-order valence-corrected chi connectivity index (χ1v) is 11.4. The van der Waals surface area contributed by atoms with Crippen molar-refractivity contribution < 1.29 is 0 Å². The van der Waals surface area contributed by atoms with Gasteiger partial charge in [0.2, 0.25) is 0 Å². The zero-order valence-corrected chi connectivity index (χ0v) is 18.8. The van der Waals surface area contributed by atoms with E-state index in [9.17, 15) is 4.79 Å². The van der Waals surface area contributed by atoms with Crippen molar-refractivity contribution in [3.8, 4) is 5.69 Å². The lowest BCUT2D eigenvalue weighted by molar-refractivity contribution is 0.522. The van der Waals surface area contributed by atoms with Gasteiger partial charge in [-0.25, -0.2) is 14.0 Å². The van der Waals surface area contributed by atoms with Gasteiger partial charge in [0.1, 0.15) is 0 Å². The van der Waals surface area contributed by atoms with Gasteiger partial charge in [-0.05, 0) is 74.5 Å². The summed E-state index contributed by atoms with van der Waals surface area (Å²) in [7, 11) is 0. The second-order valence-electron chi connectivity index (χ2n) is 8.43. The quantitative estimate of drug-likeness (QED) is 0.448. The first kappa shape index (κ1) is 19.9. The van der Waals surface area contributed by atoms with Crippen LogP contribution in [0.1, 0.15) is 64.7 Å². The predicted molar refractivity (Wildman–Crippen MR) is 122 cm³/mol. The lowest BCUT2D eigenvalue weighted by Crippen LogP contribution is -2.30. The predicted octanol–water partition coefficient (Wildman–Crippen LogP) is 4.58. The number of aryl methyl sites for hydroxylation is 2. The number of imidazole rings is 1. The standard InChI is InChI=1S/C24H25N5OS/c1-15-10-18(4-7-22(15)28-13-16(2)25-14-28)11-20-12-21(19-5-6-19)27-29(24(20)30)17(3)23-8-9-26-31-23/h4,7-10,12-14,17,19H,5-6,11H2,1-3H3/t17-/m0/s1. The van der Waals surface area contributed by atoms with Gasteiger partial charge >= 0.3 is 0 Å². The first-order chi connectivity index (χ1) is 15.0. The third kappa shape index (κ3) is 3.97. The van der Waals surface area contributed by atoms with E-state index < -0.39 is 0 Å². The highest BCUT2D eigenvalue weighted by Crippen LogP contribution is 2.39. The molecule has 1 fully saturated rings. The molecule has 0 radical (unpaired) electrons. The van der Waals surface area contributed by atoms with Crippen LogP contribution < -0.4 is 5.56 Å². The Morgan fingerprint density at radius 3 is 2.68 bits per heavy atom. The molecule has 6 nitrogen and oxygen atoms in total. The molecule has 1 atom stereocenters. The Morgan fingerprint density at radius 2 is 2.03 bits per heavy atom. The van der Waals surface area contributed by atoms with E-state index in [0.29, 0.717) is 12.3 Å². The third-order valence-electron chi connectivity index (χ3n) is 5.91. The Bertz CT molecular complexity index is 1280. The fraction of sp³-hybridized carbons (Fsp3) is 0.333. The molecule has 0 saturated heterocycles. The van der Waals surface area contributed by atoms with E-state index in [0.717, 1.165) is 51.5 Å². The molecular weight excluding hydrogens is 406 g/mol. The molecule has 5 rings (SSSR count). The summed E-state index contributed by atoms with van der Waals surface area (Å²) in [6.07, 6.45) is 8.53. The fourth-order valence-electron chi connectivity index (χ4n) is 4.01. The van der Waals surface area contributed by atoms with Gasteiger partial charge in [0.25, 0.3) is 5.56 Å². The van der Waals surface area contributed by atoms with Crippen molar-refractivity contribution in [2.45, 2.75) is 52.0 Å². The van der Waals surface area contributed by atoms with Crippen LogP contribution in [0, 0.1) is 13.8 Å². The Hall–Kier alpha value is -3.06. The average molecular weight is 432 g/mol. The second-order valence-corrected chi connectivity index (χ2v) is 9.29. The fourth-order valence-corrected chi connectivity index (χ4v) is 4.62. The van der Waals surface area contributed by atoms with Crippen molar-refractivity contribution in [3.63, 3.8) is 0 Å². The van der Waals surface area contributed by atoms with Gasteiger partial charge in [-0.15, -0.1) is 0 Å². The molecule has 0 amide bonds. The highest BCUT2D eigenvalue weighted by atomic mass is 32.1. The van der Waals surface area contributed by atoms with Gasteiger partial charge < -0.3 is 4.57 Å². The minimum absolute atomic E-state index is 0.0164. The van der Waals surface area contributed by atoms with E-state index in [1.165, 1.54) is 11.5 Å². The Kier molecular flexibility index (Phi) is 5.06. The summed E-state index contributed by atoms with van der Waals surface area (Å²) in [5, 5.41) is 4.74. The van der Waals surface area contributed by atoms with Crippen molar-refractivity contribution in [1.29, 1.82) is 0 Å². The van der Waals surface area contributed by atoms with Crippen molar-refractivity contribution in [2.24, 2.45) is 0 Å². The Morgan fingerprint density at radius 1 is 1.19 bits per heavy atom. The first-order valence-electron chi connectivity index (χ1n) is 10.6. The molecule has 158 valence electrons. The average Bonchev–Trinajstić information content (AvgIpc) is 3.27. The van der Waals surface area contributed by atoms with Crippen LogP contribution in [0.3, 0.4) is 0 Å². The molecule has 1 aliphatic rings. The summed E-state index contributed by atoms with van der Waals surface area (Å²) in [6.45, 7) is 6.11. The number of hydrogen-bond acceptors (Lipinski definition) is 5. The normalized spacial score (nSPS) is 14.7. The van der Waals surface area contributed by atoms with E-state index >= 15 is 0 Å². The third-order valence-corrected chi connectivity index (χ3v) is 6.82. The molecule has 1 aromatic carbocycles. The van der Waals surface area contributed by atoms with Gasteiger partial charge in [-0.3, -0.25) is 4.79 Å². The van der Waals surface area contributed by atoms with Crippen LogP contribution in [0.25, 0.3) is 5.69 Å². The van der Waals surface area contributed by atoms with Crippen LogP contribution in [-0.4, -0.2) is 23.7 Å². The minimum atomic E-state index is -0.119. The number of nitrogens with zero attached hydrogens (tertiary/aromatic N) is 5. The van der Waals surface area contributed by atoms with Gasteiger partial charge in [0.05, 0.1) is 23.8 Å². The molecular formula is C24H25N5OS. The van der Waals surface area contributed by atoms with Crippen molar-refractivity contribution in [2.75, 3.05) is 0 Å². The number of benzene rings is 1. The summed E-state index contributed by atoms with van der Waals surface area (Å²) < 4.78 is 7.89. The van der Waals surface area contributed by atoms with Gasteiger partial charge in [0, 0.05) is 40.9 Å². The lowest BCUT2D eigenvalue weighted by Gasteiger charge is -2.16. The van der Waals surface area contributed by atoms with E-state index in [-0.39, 0.29) is 11.6 Å². The van der Waals surface area contributed by atoms with Crippen LogP contribution in [0.15, 0.2) is 53.8 Å². The van der Waals surface area contributed by atoms with Crippen LogP contribution >= 0.6 is 11.5 Å². The summed E-state index contributed by atoms with van der Waals surface area (Å²) >= 11 is 1.42. The summed E-state index contributed by atoms with van der Waals surface area (Å²) in [4.78, 5) is 18.7. The molecule has 31 heavy (non-hydrogen) atoms. The number of aromatic nitrogens is 5. The van der Waals surface area contributed by atoms with Crippen LogP contribution in [0.2, 0.25) is 0 Å². The summed E-state index contributed by atoms with van der Waals surface area (Å²) in [5.41, 5.74) is 6.20. The summed E-state index contributed by atoms with van der Waals surface area (Å²) in [5.74, 6) is 0.479. The molecule has 0 N–H and O–H groups in total. The molecule has 7 heteroatoms.